The first-order valence-electron chi connectivity index (χ1n) is 11.3. The standard InChI is InChI=1S/C25H34NO4P/c1-14-10-19-18-7-6-16-11-17(28)8-9-24(16,3)23(18)20(26)12-25(19,4)22(14)21(30-31-5)13-29-15(2)27/h8-9,11,14,18-19,31H,6-7,10,12-13,26H2,1-5H3/b22-21+/t14-,18?,19?,24+,25+/m1/s1. The highest BCUT2D eigenvalue weighted by molar-refractivity contribution is 7.31. The number of carbonyl (C=O) groups excluding carboxylic acids is 2. The fourth-order valence-corrected chi connectivity index (χ4v) is 7.44. The minimum Gasteiger partial charge on any atom is -0.478 e. The Bertz CT molecular complexity index is 945. The number of rotatable bonds is 4. The minimum absolute atomic E-state index is 0.0816. The molecule has 0 radical (unpaired) electrons. The van der Waals surface area contributed by atoms with Crippen molar-refractivity contribution < 1.29 is 18.8 Å². The average molecular weight is 444 g/mol. The number of ketones is 1. The first kappa shape index (κ1) is 22.3. The fourth-order valence-electron chi connectivity index (χ4n) is 7.03. The SMILES string of the molecule is CPO/C(COC(C)=O)=C1\[C@H](C)CC2C3CCC4=CC(=O)C=C[C@]4(C)C3=C(N)C[C@]12C. The van der Waals surface area contributed by atoms with Crippen LogP contribution in [0.15, 0.2) is 46.4 Å². The molecule has 0 aromatic rings. The second-order valence-corrected chi connectivity index (χ2v) is 10.6. The molecule has 0 saturated heterocycles. The van der Waals surface area contributed by atoms with Gasteiger partial charge in [0.25, 0.3) is 0 Å². The van der Waals surface area contributed by atoms with Crippen LogP contribution >= 0.6 is 8.81 Å². The van der Waals surface area contributed by atoms with Crippen molar-refractivity contribution in [2.24, 2.45) is 34.3 Å². The first-order chi connectivity index (χ1) is 14.6. The summed E-state index contributed by atoms with van der Waals surface area (Å²) >= 11 is 0. The van der Waals surface area contributed by atoms with Crippen LogP contribution in [0.3, 0.4) is 0 Å². The van der Waals surface area contributed by atoms with Gasteiger partial charge in [0.2, 0.25) is 0 Å². The molecule has 2 saturated carbocycles. The van der Waals surface area contributed by atoms with Gasteiger partial charge in [0.05, 0.1) is 8.81 Å². The van der Waals surface area contributed by atoms with Gasteiger partial charge in [-0.1, -0.05) is 25.5 Å². The van der Waals surface area contributed by atoms with E-state index < -0.39 is 0 Å². The smallest absolute Gasteiger partial charge is 0.303 e. The largest absolute Gasteiger partial charge is 0.478 e. The van der Waals surface area contributed by atoms with Gasteiger partial charge in [0.1, 0.15) is 12.4 Å². The molecule has 2 fully saturated rings. The summed E-state index contributed by atoms with van der Waals surface area (Å²) in [4.78, 5) is 23.5. The Morgan fingerprint density at radius 3 is 2.77 bits per heavy atom. The molecule has 2 N–H and O–H groups in total. The Balaban J connectivity index is 1.80. The molecule has 0 aliphatic heterocycles. The summed E-state index contributed by atoms with van der Waals surface area (Å²) in [5.74, 6) is 1.79. The summed E-state index contributed by atoms with van der Waals surface area (Å²) in [7, 11) is 0.292. The van der Waals surface area contributed by atoms with Gasteiger partial charge in [0.15, 0.2) is 5.78 Å². The molecule has 4 aliphatic rings. The molecule has 4 rings (SSSR count). The Hall–Kier alpha value is -1.87. The first-order valence-corrected chi connectivity index (χ1v) is 12.7. The number of carbonyl (C=O) groups is 2. The summed E-state index contributed by atoms with van der Waals surface area (Å²) < 4.78 is 11.4. The molecule has 0 aromatic carbocycles. The van der Waals surface area contributed by atoms with Crippen molar-refractivity contribution in [1.82, 2.24) is 0 Å². The molecule has 168 valence electrons. The molecule has 4 aliphatic carbocycles. The lowest BCUT2D eigenvalue weighted by Gasteiger charge is -2.52. The van der Waals surface area contributed by atoms with Gasteiger partial charge in [-0.3, -0.25) is 9.59 Å². The van der Waals surface area contributed by atoms with E-state index in [1.54, 1.807) is 6.08 Å². The normalized spacial score (nSPS) is 38.5. The molecule has 6 atom stereocenters. The summed E-state index contributed by atoms with van der Waals surface area (Å²) in [5, 5.41) is 0. The molecular formula is C25H34NO4P. The van der Waals surface area contributed by atoms with Crippen LogP contribution in [0.4, 0.5) is 0 Å². The van der Waals surface area contributed by atoms with E-state index in [1.165, 1.54) is 23.6 Å². The van der Waals surface area contributed by atoms with Crippen molar-refractivity contribution >= 4 is 20.6 Å². The fraction of sp³-hybridized carbons (Fsp3) is 0.600. The number of ether oxygens (including phenoxy) is 1. The maximum Gasteiger partial charge on any atom is 0.303 e. The molecule has 3 unspecified atom stereocenters. The van der Waals surface area contributed by atoms with Gasteiger partial charge >= 0.3 is 5.97 Å². The zero-order chi connectivity index (χ0) is 22.6. The Labute approximate surface area is 187 Å². The zero-order valence-electron chi connectivity index (χ0n) is 19.2. The molecule has 31 heavy (non-hydrogen) atoms. The van der Waals surface area contributed by atoms with E-state index in [9.17, 15) is 9.59 Å². The minimum atomic E-state index is -0.294. The molecular weight excluding hydrogens is 409 g/mol. The Kier molecular flexibility index (Phi) is 5.70. The topological polar surface area (TPSA) is 78.6 Å². The second-order valence-electron chi connectivity index (χ2n) is 9.95. The second kappa shape index (κ2) is 7.92. The zero-order valence-corrected chi connectivity index (χ0v) is 20.2. The summed E-state index contributed by atoms with van der Waals surface area (Å²) in [6.07, 6.45) is 9.40. The Morgan fingerprint density at radius 2 is 2.10 bits per heavy atom. The molecule has 0 aromatic heterocycles. The van der Waals surface area contributed by atoms with E-state index in [4.69, 9.17) is 15.0 Å². The van der Waals surface area contributed by atoms with Crippen LogP contribution in [0.1, 0.15) is 53.4 Å². The highest BCUT2D eigenvalue weighted by Gasteiger charge is 2.58. The van der Waals surface area contributed by atoms with E-state index >= 15 is 0 Å². The third kappa shape index (κ3) is 3.50. The number of esters is 1. The van der Waals surface area contributed by atoms with E-state index in [2.05, 4.69) is 26.8 Å². The quantitative estimate of drug-likeness (QED) is 0.383. The number of nitrogens with two attached hydrogens (primary N) is 1. The molecule has 0 amide bonds. The predicted molar refractivity (Wildman–Crippen MR) is 123 cm³/mol. The van der Waals surface area contributed by atoms with E-state index in [0.717, 1.165) is 37.1 Å². The van der Waals surface area contributed by atoms with Gasteiger partial charge in [0, 0.05) is 23.5 Å². The summed E-state index contributed by atoms with van der Waals surface area (Å²) in [5.41, 5.74) is 11.2. The third-order valence-corrected chi connectivity index (χ3v) is 8.53. The van der Waals surface area contributed by atoms with Crippen molar-refractivity contribution in [1.29, 1.82) is 0 Å². The third-order valence-electron chi connectivity index (χ3n) is 8.07. The highest BCUT2D eigenvalue weighted by atomic mass is 31.1. The maximum absolute atomic E-state index is 12.0. The van der Waals surface area contributed by atoms with Gasteiger partial charge in [-0.2, -0.15) is 0 Å². The monoisotopic (exact) mass is 443 g/mol. The van der Waals surface area contributed by atoms with Crippen molar-refractivity contribution in [2.45, 2.75) is 53.4 Å². The van der Waals surface area contributed by atoms with Crippen molar-refractivity contribution in [3.8, 4) is 0 Å². The van der Waals surface area contributed by atoms with E-state index in [1.807, 2.05) is 12.7 Å². The molecule has 6 heteroatoms. The summed E-state index contributed by atoms with van der Waals surface area (Å²) in [6.45, 7) is 10.4. The van der Waals surface area contributed by atoms with Crippen LogP contribution in [0.5, 0.6) is 0 Å². The van der Waals surface area contributed by atoms with Crippen LogP contribution in [0.25, 0.3) is 0 Å². The van der Waals surface area contributed by atoms with Gasteiger partial charge in [-0.25, -0.2) is 0 Å². The van der Waals surface area contributed by atoms with Gasteiger partial charge in [-0.05, 0) is 80.3 Å². The molecule has 0 heterocycles. The summed E-state index contributed by atoms with van der Waals surface area (Å²) in [6, 6.07) is 0. The van der Waals surface area contributed by atoms with Crippen molar-refractivity contribution in [2.75, 3.05) is 13.3 Å². The number of allylic oxidation sites excluding steroid dienone is 7. The number of fused-ring (bicyclic) bond motifs is 5. The highest BCUT2D eigenvalue weighted by Crippen LogP contribution is 2.66. The van der Waals surface area contributed by atoms with Crippen molar-refractivity contribution in [3.05, 3.63) is 46.4 Å². The van der Waals surface area contributed by atoms with Crippen molar-refractivity contribution in [3.63, 3.8) is 0 Å². The van der Waals surface area contributed by atoms with Crippen LogP contribution in [-0.4, -0.2) is 25.0 Å². The van der Waals surface area contributed by atoms with E-state index in [-0.39, 0.29) is 29.2 Å². The Morgan fingerprint density at radius 1 is 1.35 bits per heavy atom. The molecule has 5 nitrogen and oxygen atoms in total. The molecule has 0 spiro atoms. The predicted octanol–water partition coefficient (Wildman–Crippen LogP) is 4.80. The van der Waals surface area contributed by atoms with Crippen LogP contribution < -0.4 is 5.73 Å². The lowest BCUT2D eigenvalue weighted by atomic mass is 9.52. The van der Waals surface area contributed by atoms with Crippen LogP contribution in [0, 0.1) is 28.6 Å². The lowest BCUT2D eigenvalue weighted by Crippen LogP contribution is -2.45. The van der Waals surface area contributed by atoms with E-state index in [0.29, 0.717) is 26.6 Å². The molecule has 0 bridgehead atoms. The van der Waals surface area contributed by atoms with Crippen LogP contribution in [-0.2, 0) is 18.8 Å². The number of hydrogen-bond donors (Lipinski definition) is 1. The van der Waals surface area contributed by atoms with Gasteiger partial charge in [-0.15, -0.1) is 0 Å². The average Bonchev–Trinajstić information content (AvgIpc) is 2.95. The lowest BCUT2D eigenvalue weighted by molar-refractivity contribution is -0.140. The number of hydrogen-bond acceptors (Lipinski definition) is 5. The van der Waals surface area contributed by atoms with Gasteiger partial charge < -0.3 is 15.0 Å². The van der Waals surface area contributed by atoms with Crippen LogP contribution in [0.2, 0.25) is 0 Å². The maximum atomic E-state index is 12.0.